The highest BCUT2D eigenvalue weighted by Crippen LogP contribution is 2.26. The second kappa shape index (κ2) is 8.68. The summed E-state index contributed by atoms with van der Waals surface area (Å²) in [6.07, 6.45) is 1.05. The van der Waals surface area contributed by atoms with Gasteiger partial charge in [-0.15, -0.1) is 0 Å². The highest BCUT2D eigenvalue weighted by atomic mass is 35.5. The van der Waals surface area contributed by atoms with Crippen LogP contribution in [-0.2, 0) is 10.0 Å². The topological polar surface area (TPSA) is 75.3 Å². The molecule has 2 N–H and O–H groups in total. The van der Waals surface area contributed by atoms with Gasteiger partial charge in [0, 0.05) is 5.69 Å². The number of anilines is 1. The monoisotopic (exact) mass is 428 g/mol. The maximum Gasteiger partial charge on any atom is 0.253 e. The van der Waals surface area contributed by atoms with Gasteiger partial charge in [-0.25, -0.2) is 8.42 Å². The summed E-state index contributed by atoms with van der Waals surface area (Å²) in [4.78, 5) is 13.0. The second-order valence-corrected chi connectivity index (χ2v) is 8.95. The number of halogens is 1. The van der Waals surface area contributed by atoms with Crippen LogP contribution >= 0.6 is 11.6 Å². The number of benzene rings is 3. The summed E-state index contributed by atoms with van der Waals surface area (Å²) in [6, 6.07) is 21.7. The smallest absolute Gasteiger partial charge is 0.253 e. The molecule has 29 heavy (non-hydrogen) atoms. The van der Waals surface area contributed by atoms with Crippen molar-refractivity contribution in [3.05, 3.63) is 100 Å². The predicted molar refractivity (Wildman–Crippen MR) is 117 cm³/mol. The molecule has 3 aromatic carbocycles. The van der Waals surface area contributed by atoms with E-state index in [1.807, 2.05) is 61.5 Å². The number of amides is 1. The van der Waals surface area contributed by atoms with E-state index >= 15 is 0 Å². The lowest BCUT2D eigenvalue weighted by atomic mass is 9.97. The zero-order chi connectivity index (χ0) is 21.0. The molecule has 0 spiro atoms. The molecule has 3 aromatic rings. The fourth-order valence-corrected chi connectivity index (χ4v) is 3.77. The zero-order valence-corrected chi connectivity index (χ0v) is 17.6. The summed E-state index contributed by atoms with van der Waals surface area (Å²) in [7, 11) is -3.43. The van der Waals surface area contributed by atoms with Crippen molar-refractivity contribution in [3.63, 3.8) is 0 Å². The van der Waals surface area contributed by atoms with Crippen molar-refractivity contribution in [1.29, 1.82) is 0 Å². The Bertz CT molecular complexity index is 1110. The number of sulfonamides is 1. The van der Waals surface area contributed by atoms with E-state index in [2.05, 4.69) is 10.0 Å². The molecule has 0 radical (unpaired) electrons. The molecule has 1 amide bonds. The van der Waals surface area contributed by atoms with E-state index < -0.39 is 10.0 Å². The Labute approximate surface area is 175 Å². The number of nitrogens with one attached hydrogen (secondary N) is 2. The Morgan fingerprint density at radius 1 is 0.931 bits per heavy atom. The highest BCUT2D eigenvalue weighted by Gasteiger charge is 2.19. The highest BCUT2D eigenvalue weighted by molar-refractivity contribution is 7.92. The molecule has 0 fully saturated rings. The van der Waals surface area contributed by atoms with Crippen LogP contribution in [0.2, 0.25) is 5.02 Å². The minimum absolute atomic E-state index is 0.159. The van der Waals surface area contributed by atoms with Crippen LogP contribution in [0.15, 0.2) is 72.8 Å². The summed E-state index contributed by atoms with van der Waals surface area (Å²) in [6.45, 7) is 2.01. The van der Waals surface area contributed by atoms with E-state index in [4.69, 9.17) is 11.6 Å². The molecule has 3 rings (SSSR count). The Morgan fingerprint density at radius 3 is 2.14 bits per heavy atom. The van der Waals surface area contributed by atoms with Crippen molar-refractivity contribution in [2.45, 2.75) is 13.0 Å². The second-order valence-electron chi connectivity index (χ2n) is 6.80. The van der Waals surface area contributed by atoms with E-state index in [0.717, 1.165) is 22.9 Å². The molecule has 0 heterocycles. The van der Waals surface area contributed by atoms with Crippen molar-refractivity contribution in [3.8, 4) is 0 Å². The van der Waals surface area contributed by atoms with Gasteiger partial charge in [0.15, 0.2) is 0 Å². The molecule has 0 saturated heterocycles. The fourth-order valence-electron chi connectivity index (χ4n) is 2.95. The van der Waals surface area contributed by atoms with E-state index in [1.165, 1.54) is 18.2 Å². The van der Waals surface area contributed by atoms with Gasteiger partial charge in [-0.05, 0) is 36.2 Å². The molecular weight excluding hydrogens is 408 g/mol. The minimum atomic E-state index is -3.43. The lowest BCUT2D eigenvalue weighted by Gasteiger charge is -2.20. The van der Waals surface area contributed by atoms with Gasteiger partial charge in [0.2, 0.25) is 10.0 Å². The maximum absolute atomic E-state index is 13.0. The third kappa shape index (κ3) is 5.59. The largest absolute Gasteiger partial charge is 0.341 e. The average molecular weight is 429 g/mol. The summed E-state index contributed by atoms with van der Waals surface area (Å²) < 4.78 is 25.1. The van der Waals surface area contributed by atoms with Gasteiger partial charge in [-0.3, -0.25) is 9.52 Å². The third-order valence-electron chi connectivity index (χ3n) is 4.34. The summed E-state index contributed by atoms with van der Waals surface area (Å²) >= 11 is 6.25. The summed E-state index contributed by atoms with van der Waals surface area (Å²) in [5.41, 5.74) is 3.58. The number of carbonyl (C=O) groups excluding carboxylic acids is 1. The molecule has 0 aliphatic carbocycles. The number of hydrogen-bond donors (Lipinski definition) is 2. The van der Waals surface area contributed by atoms with E-state index in [9.17, 15) is 13.2 Å². The van der Waals surface area contributed by atoms with Crippen LogP contribution in [0.1, 0.15) is 33.1 Å². The first-order chi connectivity index (χ1) is 13.7. The van der Waals surface area contributed by atoms with Crippen molar-refractivity contribution in [2.24, 2.45) is 0 Å². The molecule has 0 aromatic heterocycles. The van der Waals surface area contributed by atoms with Crippen LogP contribution in [0.3, 0.4) is 0 Å². The number of rotatable bonds is 6. The van der Waals surface area contributed by atoms with Crippen molar-refractivity contribution in [2.75, 3.05) is 11.0 Å². The minimum Gasteiger partial charge on any atom is -0.341 e. The van der Waals surface area contributed by atoms with Gasteiger partial charge in [0.25, 0.3) is 5.91 Å². The number of hydrogen-bond acceptors (Lipinski definition) is 3. The molecule has 5 nitrogen and oxygen atoms in total. The van der Waals surface area contributed by atoms with E-state index in [1.54, 1.807) is 0 Å². The van der Waals surface area contributed by atoms with E-state index in [0.29, 0.717) is 5.69 Å². The van der Waals surface area contributed by atoms with Gasteiger partial charge >= 0.3 is 0 Å². The lowest BCUT2D eigenvalue weighted by Crippen LogP contribution is -2.29. The summed E-state index contributed by atoms with van der Waals surface area (Å²) in [5.74, 6) is -0.352. The summed E-state index contributed by atoms with van der Waals surface area (Å²) in [5, 5.41) is 3.19. The zero-order valence-electron chi connectivity index (χ0n) is 16.0. The van der Waals surface area contributed by atoms with Crippen LogP contribution in [-0.4, -0.2) is 20.6 Å². The third-order valence-corrected chi connectivity index (χ3v) is 5.26. The molecule has 150 valence electrons. The molecule has 7 heteroatoms. The van der Waals surface area contributed by atoms with Gasteiger partial charge in [0.1, 0.15) is 0 Å². The van der Waals surface area contributed by atoms with E-state index in [-0.39, 0.29) is 22.5 Å². The van der Waals surface area contributed by atoms with Gasteiger partial charge in [-0.1, -0.05) is 71.8 Å². The first kappa shape index (κ1) is 20.9. The Kier molecular flexibility index (Phi) is 6.25. The average Bonchev–Trinajstić information content (AvgIpc) is 2.66. The number of carbonyl (C=O) groups is 1. The Balaban J connectivity index is 1.90. The van der Waals surface area contributed by atoms with Crippen LogP contribution in [0.25, 0.3) is 0 Å². The van der Waals surface area contributed by atoms with Crippen LogP contribution < -0.4 is 10.0 Å². The Hall–Kier alpha value is -2.83. The van der Waals surface area contributed by atoms with Crippen LogP contribution in [0.4, 0.5) is 5.69 Å². The van der Waals surface area contributed by atoms with Crippen molar-refractivity contribution in [1.82, 2.24) is 5.32 Å². The molecule has 1 atom stereocenters. The maximum atomic E-state index is 13.0. The molecule has 0 aliphatic rings. The predicted octanol–water partition coefficient (Wildman–Crippen LogP) is 4.54. The van der Waals surface area contributed by atoms with Gasteiger partial charge in [-0.2, -0.15) is 0 Å². The van der Waals surface area contributed by atoms with Crippen LogP contribution in [0.5, 0.6) is 0 Å². The van der Waals surface area contributed by atoms with Gasteiger partial charge in [0.05, 0.1) is 22.9 Å². The molecule has 0 saturated carbocycles. The molecule has 0 aliphatic heterocycles. The molecule has 0 bridgehead atoms. The fraction of sp³-hybridized carbons (Fsp3) is 0.136. The standard InChI is InChI=1S/C22H21ClN2O3S/c1-15-8-10-17(11-9-15)21(16-6-4-3-5-7-16)24-22(26)19-13-12-18(14-20(19)23)25-29(2,27)28/h3-14,21,25H,1-2H3,(H,24,26). The van der Waals surface area contributed by atoms with Crippen molar-refractivity contribution < 1.29 is 13.2 Å². The SMILES string of the molecule is Cc1ccc(C(NC(=O)c2ccc(NS(C)(=O)=O)cc2Cl)c2ccccc2)cc1. The van der Waals surface area contributed by atoms with Gasteiger partial charge < -0.3 is 5.32 Å². The molecular formula is C22H21ClN2O3S. The first-order valence-electron chi connectivity index (χ1n) is 8.92. The van der Waals surface area contributed by atoms with Crippen LogP contribution in [0, 0.1) is 6.92 Å². The lowest BCUT2D eigenvalue weighted by molar-refractivity contribution is 0.0943. The molecule has 1 unspecified atom stereocenters. The normalized spacial score (nSPS) is 12.2. The number of aryl methyl sites for hydroxylation is 1. The first-order valence-corrected chi connectivity index (χ1v) is 11.2. The van der Waals surface area contributed by atoms with Crippen molar-refractivity contribution >= 4 is 33.2 Å². The quantitative estimate of drug-likeness (QED) is 0.605. The Morgan fingerprint density at radius 2 is 1.55 bits per heavy atom.